The number of carbonyl (C=O) groups excluding carboxylic acids is 2. The van der Waals surface area contributed by atoms with Crippen molar-refractivity contribution in [1.29, 1.82) is 0 Å². The van der Waals surface area contributed by atoms with Crippen molar-refractivity contribution in [3.05, 3.63) is 65.7 Å². The van der Waals surface area contributed by atoms with Crippen molar-refractivity contribution < 1.29 is 19.1 Å². The topological polar surface area (TPSA) is 64.6 Å². The first-order chi connectivity index (χ1) is 12.6. The van der Waals surface area contributed by atoms with Crippen molar-refractivity contribution in [2.24, 2.45) is 0 Å². The quantitative estimate of drug-likeness (QED) is 0.696. The molecule has 0 bridgehead atoms. The third-order valence-electron chi connectivity index (χ3n) is 4.00. The molecule has 0 heterocycles. The van der Waals surface area contributed by atoms with Crippen LogP contribution in [-0.2, 0) is 16.1 Å². The van der Waals surface area contributed by atoms with E-state index in [2.05, 4.69) is 5.32 Å². The van der Waals surface area contributed by atoms with E-state index in [0.29, 0.717) is 17.9 Å². The van der Waals surface area contributed by atoms with E-state index in [9.17, 15) is 9.59 Å². The predicted molar refractivity (Wildman–Crippen MR) is 100 cm³/mol. The van der Waals surface area contributed by atoms with E-state index in [-0.39, 0.29) is 18.6 Å². The fourth-order valence-corrected chi connectivity index (χ4v) is 2.43. The maximum absolute atomic E-state index is 12.1. The van der Waals surface area contributed by atoms with E-state index < -0.39 is 5.97 Å². The Balaban J connectivity index is 1.86. The van der Waals surface area contributed by atoms with Crippen LogP contribution in [0.15, 0.2) is 54.6 Å². The number of hydrogen-bond donors (Lipinski definition) is 1. The molecule has 2 aromatic carbocycles. The van der Waals surface area contributed by atoms with Gasteiger partial charge in [0, 0.05) is 6.04 Å². The molecule has 0 unspecified atom stereocenters. The number of benzene rings is 2. The molecule has 0 aromatic heterocycles. The Morgan fingerprint density at radius 2 is 1.73 bits per heavy atom. The molecule has 0 spiro atoms. The van der Waals surface area contributed by atoms with Gasteiger partial charge in [0.2, 0.25) is 0 Å². The van der Waals surface area contributed by atoms with Gasteiger partial charge >= 0.3 is 5.97 Å². The number of hydrogen-bond acceptors (Lipinski definition) is 4. The summed E-state index contributed by atoms with van der Waals surface area (Å²) in [5.41, 5.74) is 1.39. The lowest BCUT2D eigenvalue weighted by molar-refractivity contribution is -0.125. The van der Waals surface area contributed by atoms with Gasteiger partial charge in [-0.3, -0.25) is 4.79 Å². The van der Waals surface area contributed by atoms with Gasteiger partial charge in [0.25, 0.3) is 5.91 Å². The molecule has 2 rings (SSSR count). The molecule has 0 aliphatic rings. The van der Waals surface area contributed by atoms with E-state index in [4.69, 9.17) is 9.47 Å². The van der Waals surface area contributed by atoms with Gasteiger partial charge in [0.05, 0.1) is 5.56 Å². The van der Waals surface area contributed by atoms with Crippen LogP contribution >= 0.6 is 0 Å². The second-order valence-corrected chi connectivity index (χ2v) is 5.96. The summed E-state index contributed by atoms with van der Waals surface area (Å²) in [4.78, 5) is 24.0. The zero-order chi connectivity index (χ0) is 18.8. The molecule has 5 heteroatoms. The highest BCUT2D eigenvalue weighted by Gasteiger charge is 2.13. The van der Waals surface area contributed by atoms with Crippen LogP contribution in [0.4, 0.5) is 0 Å². The van der Waals surface area contributed by atoms with Crippen molar-refractivity contribution in [2.45, 2.75) is 39.3 Å². The molecular formula is C21H25NO4. The van der Waals surface area contributed by atoms with E-state index in [1.54, 1.807) is 24.3 Å². The molecule has 2 aromatic rings. The van der Waals surface area contributed by atoms with Gasteiger partial charge in [-0.05, 0) is 36.6 Å². The monoisotopic (exact) mass is 355 g/mol. The van der Waals surface area contributed by atoms with Gasteiger partial charge in [-0.2, -0.15) is 0 Å². The van der Waals surface area contributed by atoms with Crippen LogP contribution in [0.5, 0.6) is 5.75 Å². The molecule has 26 heavy (non-hydrogen) atoms. The van der Waals surface area contributed by atoms with Crippen LogP contribution < -0.4 is 10.1 Å². The first-order valence-electron chi connectivity index (χ1n) is 8.85. The minimum Gasteiger partial charge on any atom is -0.489 e. The fourth-order valence-electron chi connectivity index (χ4n) is 2.43. The molecular weight excluding hydrogens is 330 g/mol. The lowest BCUT2D eigenvalue weighted by atomic mass is 10.2. The van der Waals surface area contributed by atoms with E-state index in [0.717, 1.165) is 18.4 Å². The third kappa shape index (κ3) is 6.24. The summed E-state index contributed by atoms with van der Waals surface area (Å²) in [6.45, 7) is 4.13. The maximum atomic E-state index is 12.1. The molecule has 5 nitrogen and oxygen atoms in total. The minimum atomic E-state index is -0.546. The Bertz CT molecular complexity index is 711. The van der Waals surface area contributed by atoms with E-state index in [1.165, 1.54) is 0 Å². The van der Waals surface area contributed by atoms with E-state index in [1.807, 2.05) is 44.2 Å². The zero-order valence-electron chi connectivity index (χ0n) is 15.2. The van der Waals surface area contributed by atoms with Gasteiger partial charge < -0.3 is 14.8 Å². The highest BCUT2D eigenvalue weighted by molar-refractivity contribution is 5.91. The largest absolute Gasteiger partial charge is 0.489 e. The maximum Gasteiger partial charge on any atom is 0.338 e. The molecule has 0 aliphatic heterocycles. The van der Waals surface area contributed by atoms with Crippen LogP contribution in [0.2, 0.25) is 0 Å². The molecule has 0 fully saturated rings. The summed E-state index contributed by atoms with van der Waals surface area (Å²) in [6, 6.07) is 16.6. The number of ether oxygens (including phenoxy) is 2. The van der Waals surface area contributed by atoms with Gasteiger partial charge in [-0.1, -0.05) is 50.2 Å². The lowest BCUT2D eigenvalue weighted by Crippen LogP contribution is -2.36. The molecule has 138 valence electrons. The molecule has 0 aliphatic carbocycles. The van der Waals surface area contributed by atoms with E-state index >= 15 is 0 Å². The standard InChI is InChI=1S/C21H25NO4/c1-3-18(4-2)22-20(23)15-26-21(24)17-11-8-12-19(13-17)25-14-16-9-6-5-7-10-16/h5-13,18H,3-4,14-15H2,1-2H3,(H,22,23). The Morgan fingerprint density at radius 1 is 1.00 bits per heavy atom. The smallest absolute Gasteiger partial charge is 0.338 e. The lowest BCUT2D eigenvalue weighted by Gasteiger charge is -2.14. The number of nitrogens with one attached hydrogen (secondary N) is 1. The zero-order valence-corrected chi connectivity index (χ0v) is 15.2. The molecule has 0 radical (unpaired) electrons. The first-order valence-corrected chi connectivity index (χ1v) is 8.85. The van der Waals surface area contributed by atoms with Crippen molar-refractivity contribution in [2.75, 3.05) is 6.61 Å². The van der Waals surface area contributed by atoms with Crippen molar-refractivity contribution in [1.82, 2.24) is 5.32 Å². The fraction of sp³-hybridized carbons (Fsp3) is 0.333. The average Bonchev–Trinajstić information content (AvgIpc) is 2.69. The van der Waals surface area contributed by atoms with Gasteiger partial charge in [0.15, 0.2) is 6.61 Å². The Kier molecular flexibility index (Phi) is 7.68. The molecule has 0 atom stereocenters. The highest BCUT2D eigenvalue weighted by atomic mass is 16.5. The van der Waals surface area contributed by atoms with Crippen molar-refractivity contribution in [3.8, 4) is 5.75 Å². The molecule has 1 amide bonds. The predicted octanol–water partition coefficient (Wildman–Crippen LogP) is 3.73. The van der Waals surface area contributed by atoms with Crippen LogP contribution in [0.1, 0.15) is 42.6 Å². The highest BCUT2D eigenvalue weighted by Crippen LogP contribution is 2.16. The third-order valence-corrected chi connectivity index (χ3v) is 4.00. The van der Waals surface area contributed by atoms with Gasteiger partial charge in [-0.25, -0.2) is 4.79 Å². The van der Waals surface area contributed by atoms with Crippen LogP contribution in [0.25, 0.3) is 0 Å². The van der Waals surface area contributed by atoms with Gasteiger partial charge in [0.1, 0.15) is 12.4 Å². The second-order valence-electron chi connectivity index (χ2n) is 5.96. The Labute approximate surface area is 154 Å². The Hall–Kier alpha value is -2.82. The summed E-state index contributed by atoms with van der Waals surface area (Å²) in [7, 11) is 0. The van der Waals surface area contributed by atoms with Crippen molar-refractivity contribution in [3.63, 3.8) is 0 Å². The van der Waals surface area contributed by atoms with Crippen molar-refractivity contribution >= 4 is 11.9 Å². The summed E-state index contributed by atoms with van der Waals surface area (Å²) >= 11 is 0. The summed E-state index contributed by atoms with van der Waals surface area (Å²) < 4.78 is 10.8. The summed E-state index contributed by atoms with van der Waals surface area (Å²) in [6.07, 6.45) is 1.69. The molecule has 1 N–H and O–H groups in total. The molecule has 0 saturated heterocycles. The first kappa shape index (κ1) is 19.5. The number of amides is 1. The van der Waals surface area contributed by atoms with Crippen LogP contribution in [-0.4, -0.2) is 24.5 Å². The number of carbonyl (C=O) groups is 2. The minimum absolute atomic E-state index is 0.107. The summed E-state index contributed by atoms with van der Waals surface area (Å²) in [5.74, 6) is -0.261. The molecule has 0 saturated carbocycles. The van der Waals surface area contributed by atoms with Gasteiger partial charge in [-0.15, -0.1) is 0 Å². The average molecular weight is 355 g/mol. The SMILES string of the molecule is CCC(CC)NC(=O)COC(=O)c1cccc(OCc2ccccc2)c1. The number of esters is 1. The number of rotatable bonds is 9. The summed E-state index contributed by atoms with van der Waals surface area (Å²) in [5, 5.41) is 2.83. The second kappa shape index (κ2) is 10.2. The normalized spacial score (nSPS) is 10.4. The van der Waals surface area contributed by atoms with Crippen LogP contribution in [0, 0.1) is 0 Å². The van der Waals surface area contributed by atoms with Crippen LogP contribution in [0.3, 0.4) is 0 Å². The Morgan fingerprint density at radius 3 is 2.42 bits per heavy atom.